The van der Waals surface area contributed by atoms with Crippen LogP contribution in [0.25, 0.3) is 0 Å². The summed E-state index contributed by atoms with van der Waals surface area (Å²) in [5.74, 6) is -0.218. The fourth-order valence-corrected chi connectivity index (χ4v) is 2.28. The van der Waals surface area contributed by atoms with Crippen molar-refractivity contribution in [3.8, 4) is 0 Å². The topological polar surface area (TPSA) is 70.2 Å². The molecule has 2 rings (SSSR count). The molecule has 2 amide bonds. The van der Waals surface area contributed by atoms with E-state index >= 15 is 0 Å². The number of benzene rings is 2. The largest absolute Gasteiger partial charge is 0.385 e. The lowest BCUT2D eigenvalue weighted by molar-refractivity contribution is -0.116. The molecule has 0 bridgehead atoms. The Labute approximate surface area is 142 Å². The van der Waals surface area contributed by atoms with E-state index in [0.717, 1.165) is 12.1 Å². The minimum absolute atomic E-state index is 0.0762. The molecule has 0 radical (unpaired) electrons. The van der Waals surface area contributed by atoms with Crippen molar-refractivity contribution in [3.63, 3.8) is 0 Å². The molecule has 5 heteroatoms. The van der Waals surface area contributed by atoms with Crippen molar-refractivity contribution in [2.24, 2.45) is 0 Å². The van der Waals surface area contributed by atoms with Crippen LogP contribution >= 0.6 is 0 Å². The van der Waals surface area contributed by atoms with Crippen molar-refractivity contribution >= 4 is 28.9 Å². The summed E-state index contributed by atoms with van der Waals surface area (Å²) in [6.07, 6.45) is 1.38. The molecule has 3 N–H and O–H groups in total. The zero-order valence-electron chi connectivity index (χ0n) is 14.1. The van der Waals surface area contributed by atoms with Crippen LogP contribution in [-0.2, 0) is 16.0 Å². The molecule has 0 aromatic heterocycles. The van der Waals surface area contributed by atoms with E-state index < -0.39 is 0 Å². The van der Waals surface area contributed by atoms with Crippen molar-refractivity contribution in [2.45, 2.75) is 26.7 Å². The first kappa shape index (κ1) is 17.5. The first-order valence-corrected chi connectivity index (χ1v) is 8.07. The van der Waals surface area contributed by atoms with E-state index in [-0.39, 0.29) is 11.8 Å². The number of anilines is 3. The van der Waals surface area contributed by atoms with Crippen LogP contribution in [-0.4, -0.2) is 18.4 Å². The Hall–Kier alpha value is -2.82. The summed E-state index contributed by atoms with van der Waals surface area (Å²) in [6.45, 7) is 4.13. The van der Waals surface area contributed by atoms with Gasteiger partial charge in [-0.1, -0.05) is 25.1 Å². The van der Waals surface area contributed by atoms with E-state index in [9.17, 15) is 9.59 Å². The van der Waals surface area contributed by atoms with Gasteiger partial charge in [-0.05, 0) is 42.3 Å². The van der Waals surface area contributed by atoms with Gasteiger partial charge in [-0.15, -0.1) is 0 Å². The van der Waals surface area contributed by atoms with Gasteiger partial charge in [0.1, 0.15) is 0 Å². The predicted octanol–water partition coefficient (Wildman–Crippen LogP) is 3.65. The molecule has 0 spiro atoms. The third kappa shape index (κ3) is 5.76. The van der Waals surface area contributed by atoms with Gasteiger partial charge in [0.05, 0.1) is 0 Å². The van der Waals surface area contributed by atoms with Gasteiger partial charge in [0.2, 0.25) is 11.8 Å². The molecular formula is C19H23N3O2. The van der Waals surface area contributed by atoms with Crippen LogP contribution in [0.4, 0.5) is 17.1 Å². The maximum absolute atomic E-state index is 12.0. The lowest BCUT2D eigenvalue weighted by Crippen LogP contribution is -2.16. The van der Waals surface area contributed by atoms with Gasteiger partial charge in [-0.3, -0.25) is 9.59 Å². The average molecular weight is 325 g/mol. The summed E-state index contributed by atoms with van der Waals surface area (Å²) in [5.41, 5.74) is 3.62. The number of hydrogen-bond acceptors (Lipinski definition) is 3. The summed E-state index contributed by atoms with van der Waals surface area (Å²) in [7, 11) is 0. The second-order valence-corrected chi connectivity index (χ2v) is 5.54. The third-order valence-electron chi connectivity index (χ3n) is 3.51. The van der Waals surface area contributed by atoms with E-state index in [1.54, 1.807) is 24.3 Å². The normalized spacial score (nSPS) is 10.1. The van der Waals surface area contributed by atoms with E-state index in [2.05, 4.69) is 35.0 Å². The number of carbonyl (C=O) groups is 2. The molecule has 24 heavy (non-hydrogen) atoms. The summed E-state index contributed by atoms with van der Waals surface area (Å²) < 4.78 is 0. The van der Waals surface area contributed by atoms with Crippen molar-refractivity contribution in [2.75, 3.05) is 22.5 Å². The SMILES string of the molecule is CCc1ccc(NCCC(=O)Nc2cccc(NC(C)=O)c2)cc1. The molecule has 0 aliphatic carbocycles. The van der Waals surface area contributed by atoms with Gasteiger partial charge in [-0.25, -0.2) is 0 Å². The lowest BCUT2D eigenvalue weighted by atomic mass is 10.1. The first-order valence-electron chi connectivity index (χ1n) is 8.07. The Balaban J connectivity index is 1.79. The molecule has 0 aliphatic rings. The molecular weight excluding hydrogens is 302 g/mol. The van der Waals surface area contributed by atoms with Gasteiger partial charge in [0.25, 0.3) is 0 Å². The van der Waals surface area contributed by atoms with Crippen molar-refractivity contribution < 1.29 is 9.59 Å². The van der Waals surface area contributed by atoms with Crippen LogP contribution in [0.3, 0.4) is 0 Å². The first-order chi connectivity index (χ1) is 11.6. The van der Waals surface area contributed by atoms with Gasteiger partial charge < -0.3 is 16.0 Å². The number of carbonyl (C=O) groups excluding carboxylic acids is 2. The zero-order chi connectivity index (χ0) is 17.4. The molecule has 126 valence electrons. The Morgan fingerprint density at radius 2 is 1.58 bits per heavy atom. The number of aryl methyl sites for hydroxylation is 1. The highest BCUT2D eigenvalue weighted by Crippen LogP contribution is 2.15. The van der Waals surface area contributed by atoms with Gasteiger partial charge in [0.15, 0.2) is 0 Å². The average Bonchev–Trinajstić information content (AvgIpc) is 2.55. The summed E-state index contributed by atoms with van der Waals surface area (Å²) in [6, 6.07) is 15.3. The fraction of sp³-hybridized carbons (Fsp3) is 0.263. The number of rotatable bonds is 7. The maximum Gasteiger partial charge on any atom is 0.226 e. The molecule has 0 atom stereocenters. The van der Waals surface area contributed by atoms with E-state index in [1.807, 2.05) is 12.1 Å². The number of amides is 2. The van der Waals surface area contributed by atoms with Gasteiger partial charge >= 0.3 is 0 Å². The molecule has 0 unspecified atom stereocenters. The summed E-state index contributed by atoms with van der Waals surface area (Å²) in [5, 5.41) is 8.75. The van der Waals surface area contributed by atoms with E-state index in [0.29, 0.717) is 24.3 Å². The lowest BCUT2D eigenvalue weighted by Gasteiger charge is -2.09. The van der Waals surface area contributed by atoms with Crippen molar-refractivity contribution in [3.05, 3.63) is 54.1 Å². The second-order valence-electron chi connectivity index (χ2n) is 5.54. The third-order valence-corrected chi connectivity index (χ3v) is 3.51. The van der Waals surface area contributed by atoms with Crippen LogP contribution in [0, 0.1) is 0 Å². The Kier molecular flexibility index (Phi) is 6.37. The van der Waals surface area contributed by atoms with Crippen molar-refractivity contribution in [1.29, 1.82) is 0 Å². The highest BCUT2D eigenvalue weighted by Gasteiger charge is 2.04. The fourth-order valence-electron chi connectivity index (χ4n) is 2.28. The molecule has 2 aromatic rings. The molecule has 0 aliphatic heterocycles. The molecule has 2 aromatic carbocycles. The van der Waals surface area contributed by atoms with Gasteiger partial charge in [-0.2, -0.15) is 0 Å². The molecule has 0 saturated heterocycles. The predicted molar refractivity (Wildman–Crippen MR) is 98.3 cm³/mol. The monoisotopic (exact) mass is 325 g/mol. The maximum atomic E-state index is 12.0. The Bertz CT molecular complexity index is 696. The highest BCUT2D eigenvalue weighted by molar-refractivity contribution is 5.93. The quantitative estimate of drug-likeness (QED) is 0.728. The van der Waals surface area contributed by atoms with Crippen LogP contribution in [0.15, 0.2) is 48.5 Å². The van der Waals surface area contributed by atoms with Crippen molar-refractivity contribution in [1.82, 2.24) is 0 Å². The minimum atomic E-state index is -0.142. The highest BCUT2D eigenvalue weighted by atomic mass is 16.2. The van der Waals surface area contributed by atoms with Crippen LogP contribution in [0.5, 0.6) is 0 Å². The van der Waals surface area contributed by atoms with Gasteiger partial charge in [0, 0.05) is 37.0 Å². The second kappa shape index (κ2) is 8.72. The van der Waals surface area contributed by atoms with Crippen LogP contribution in [0.1, 0.15) is 25.8 Å². The number of nitrogens with one attached hydrogen (secondary N) is 3. The Morgan fingerprint density at radius 1 is 0.917 bits per heavy atom. The smallest absolute Gasteiger partial charge is 0.226 e. The molecule has 0 fully saturated rings. The van der Waals surface area contributed by atoms with E-state index in [4.69, 9.17) is 0 Å². The van der Waals surface area contributed by atoms with Crippen LogP contribution < -0.4 is 16.0 Å². The molecule has 0 heterocycles. The Morgan fingerprint density at radius 3 is 2.21 bits per heavy atom. The van der Waals surface area contributed by atoms with E-state index in [1.165, 1.54) is 12.5 Å². The summed E-state index contributed by atoms with van der Waals surface area (Å²) in [4.78, 5) is 23.1. The minimum Gasteiger partial charge on any atom is -0.385 e. The summed E-state index contributed by atoms with van der Waals surface area (Å²) >= 11 is 0. The zero-order valence-corrected chi connectivity index (χ0v) is 14.1. The number of hydrogen-bond donors (Lipinski definition) is 3. The standard InChI is InChI=1S/C19H23N3O2/c1-3-15-7-9-16(10-8-15)20-12-11-19(24)22-18-6-4-5-17(13-18)21-14(2)23/h4-10,13,20H,3,11-12H2,1-2H3,(H,21,23)(H,22,24). The van der Waals surface area contributed by atoms with Crippen LogP contribution in [0.2, 0.25) is 0 Å². The molecule has 5 nitrogen and oxygen atoms in total. The molecule has 0 saturated carbocycles.